The Morgan fingerprint density at radius 1 is 1.15 bits per heavy atom. The fraction of sp³-hybridized carbons (Fsp3) is 0.0714. The predicted molar refractivity (Wildman–Crippen MR) is 72.3 cm³/mol. The first kappa shape index (κ1) is 14.5. The lowest BCUT2D eigenvalue weighted by atomic mass is 10.2. The van der Waals surface area contributed by atoms with Crippen molar-refractivity contribution in [2.45, 2.75) is 6.92 Å². The number of carbonyl (C=O) groups is 1. The molecule has 2 aromatic rings. The Balaban J connectivity index is 2.42. The van der Waals surface area contributed by atoms with Crippen molar-refractivity contribution in [3.05, 3.63) is 57.6 Å². The quantitative estimate of drug-likeness (QED) is 0.891. The Labute approximate surface area is 121 Å². The van der Waals surface area contributed by atoms with Crippen LogP contribution >= 0.6 is 15.9 Å². The Kier molecular flexibility index (Phi) is 4.04. The molecule has 0 bridgehead atoms. The van der Waals surface area contributed by atoms with Crippen LogP contribution < -0.4 is 4.74 Å². The van der Waals surface area contributed by atoms with Crippen LogP contribution in [0.4, 0.5) is 8.78 Å². The summed E-state index contributed by atoms with van der Waals surface area (Å²) in [7, 11) is 0. The number of benzene rings is 2. The molecule has 104 valence electrons. The van der Waals surface area contributed by atoms with Gasteiger partial charge in [-0.3, -0.25) is 0 Å². The molecule has 0 saturated heterocycles. The zero-order chi connectivity index (χ0) is 14.9. The number of aryl methyl sites for hydroxylation is 1. The van der Waals surface area contributed by atoms with Crippen LogP contribution in [0.3, 0.4) is 0 Å². The van der Waals surface area contributed by atoms with Crippen LogP contribution in [0.5, 0.6) is 11.5 Å². The van der Waals surface area contributed by atoms with Crippen molar-refractivity contribution >= 4 is 21.9 Å². The van der Waals surface area contributed by atoms with Crippen LogP contribution in [-0.4, -0.2) is 11.1 Å². The summed E-state index contributed by atoms with van der Waals surface area (Å²) in [5, 5.41) is 8.85. The Hall–Kier alpha value is -1.95. The van der Waals surface area contributed by atoms with Gasteiger partial charge in [0.15, 0.2) is 23.1 Å². The first-order chi connectivity index (χ1) is 9.41. The standard InChI is InChI=1S/C14H9BrF2O3/c1-7-3-2-4-9(12(7)16)20-10-6-5-8(14(18)19)11(15)13(10)17/h2-6H,1H3,(H,18,19). The summed E-state index contributed by atoms with van der Waals surface area (Å²) in [6.45, 7) is 1.56. The van der Waals surface area contributed by atoms with Crippen molar-refractivity contribution in [3.63, 3.8) is 0 Å². The van der Waals surface area contributed by atoms with E-state index >= 15 is 0 Å². The van der Waals surface area contributed by atoms with Gasteiger partial charge in [0.2, 0.25) is 0 Å². The highest BCUT2D eigenvalue weighted by molar-refractivity contribution is 9.10. The summed E-state index contributed by atoms with van der Waals surface area (Å²) in [4.78, 5) is 10.8. The number of carboxylic acids is 1. The molecule has 0 fully saturated rings. The first-order valence-electron chi connectivity index (χ1n) is 5.56. The largest absolute Gasteiger partial charge is 0.478 e. The van der Waals surface area contributed by atoms with Crippen molar-refractivity contribution in [2.24, 2.45) is 0 Å². The molecule has 0 aromatic heterocycles. The molecule has 0 atom stereocenters. The normalized spacial score (nSPS) is 10.4. The van der Waals surface area contributed by atoms with E-state index in [0.717, 1.165) is 6.07 Å². The third-order valence-electron chi connectivity index (χ3n) is 2.65. The van der Waals surface area contributed by atoms with Crippen LogP contribution in [-0.2, 0) is 0 Å². The first-order valence-corrected chi connectivity index (χ1v) is 6.35. The second-order valence-electron chi connectivity index (χ2n) is 4.03. The predicted octanol–water partition coefficient (Wildman–Crippen LogP) is 4.53. The number of hydrogen-bond donors (Lipinski definition) is 1. The van der Waals surface area contributed by atoms with Gasteiger partial charge in [0, 0.05) is 0 Å². The zero-order valence-corrected chi connectivity index (χ0v) is 11.9. The average molecular weight is 343 g/mol. The second kappa shape index (κ2) is 5.58. The molecule has 0 aliphatic rings. The van der Waals surface area contributed by atoms with Gasteiger partial charge in [0.1, 0.15) is 0 Å². The van der Waals surface area contributed by atoms with E-state index < -0.39 is 17.6 Å². The molecule has 3 nitrogen and oxygen atoms in total. The SMILES string of the molecule is Cc1cccc(Oc2ccc(C(=O)O)c(Br)c2F)c1F. The summed E-state index contributed by atoms with van der Waals surface area (Å²) in [6, 6.07) is 6.82. The second-order valence-corrected chi connectivity index (χ2v) is 4.83. The summed E-state index contributed by atoms with van der Waals surface area (Å²) < 4.78 is 32.7. The smallest absolute Gasteiger partial charge is 0.336 e. The maximum Gasteiger partial charge on any atom is 0.336 e. The highest BCUT2D eigenvalue weighted by Crippen LogP contribution is 2.33. The number of hydrogen-bond acceptors (Lipinski definition) is 2. The van der Waals surface area contributed by atoms with E-state index in [2.05, 4.69) is 15.9 Å². The van der Waals surface area contributed by atoms with E-state index in [-0.39, 0.29) is 21.5 Å². The summed E-state index contributed by atoms with van der Waals surface area (Å²) in [5.74, 6) is -3.15. The van der Waals surface area contributed by atoms with Gasteiger partial charge < -0.3 is 9.84 Å². The fourth-order valence-corrected chi connectivity index (χ4v) is 2.09. The van der Waals surface area contributed by atoms with Crippen LogP contribution in [0.1, 0.15) is 15.9 Å². The Morgan fingerprint density at radius 2 is 1.80 bits per heavy atom. The van der Waals surface area contributed by atoms with E-state index in [4.69, 9.17) is 9.84 Å². The van der Waals surface area contributed by atoms with E-state index in [9.17, 15) is 13.6 Å². The number of rotatable bonds is 3. The minimum atomic E-state index is -1.27. The van der Waals surface area contributed by atoms with Crippen LogP contribution in [0, 0.1) is 18.6 Å². The average Bonchev–Trinajstić information content (AvgIpc) is 2.40. The molecule has 0 aliphatic carbocycles. The molecule has 0 saturated carbocycles. The number of carboxylic acid groups (broad SMARTS) is 1. The van der Waals surface area contributed by atoms with Crippen LogP contribution in [0.15, 0.2) is 34.8 Å². The van der Waals surface area contributed by atoms with Crippen LogP contribution in [0.25, 0.3) is 0 Å². The number of ether oxygens (including phenoxy) is 1. The maximum absolute atomic E-state index is 14.0. The molecule has 0 unspecified atom stereocenters. The minimum absolute atomic E-state index is 0.126. The van der Waals surface area contributed by atoms with Crippen molar-refractivity contribution in [2.75, 3.05) is 0 Å². The summed E-state index contributed by atoms with van der Waals surface area (Å²) in [6.07, 6.45) is 0. The number of aromatic carboxylic acids is 1. The fourth-order valence-electron chi connectivity index (χ4n) is 1.59. The molecule has 6 heteroatoms. The highest BCUT2D eigenvalue weighted by Gasteiger charge is 2.18. The van der Waals surface area contributed by atoms with Crippen molar-refractivity contribution < 1.29 is 23.4 Å². The van der Waals surface area contributed by atoms with Gasteiger partial charge in [-0.25, -0.2) is 13.6 Å². The lowest BCUT2D eigenvalue weighted by Crippen LogP contribution is -2.01. The van der Waals surface area contributed by atoms with E-state index in [0.29, 0.717) is 5.56 Å². The molecule has 0 spiro atoms. The molecular formula is C14H9BrF2O3. The molecule has 0 amide bonds. The van der Waals surface area contributed by atoms with Crippen molar-refractivity contribution in [3.8, 4) is 11.5 Å². The van der Waals surface area contributed by atoms with Gasteiger partial charge in [-0.15, -0.1) is 0 Å². The molecule has 20 heavy (non-hydrogen) atoms. The van der Waals surface area contributed by atoms with E-state index in [1.54, 1.807) is 19.1 Å². The van der Waals surface area contributed by atoms with Gasteiger partial charge in [-0.05, 0) is 46.6 Å². The topological polar surface area (TPSA) is 46.5 Å². The van der Waals surface area contributed by atoms with Gasteiger partial charge in [0.25, 0.3) is 0 Å². The molecule has 1 N–H and O–H groups in total. The third kappa shape index (κ3) is 2.65. The lowest BCUT2D eigenvalue weighted by molar-refractivity contribution is 0.0695. The number of halogens is 3. The van der Waals surface area contributed by atoms with Gasteiger partial charge in [-0.2, -0.15) is 0 Å². The van der Waals surface area contributed by atoms with Crippen molar-refractivity contribution in [1.82, 2.24) is 0 Å². The van der Waals surface area contributed by atoms with E-state index in [1.807, 2.05) is 0 Å². The van der Waals surface area contributed by atoms with Gasteiger partial charge in [-0.1, -0.05) is 12.1 Å². The Bertz CT molecular complexity index is 686. The van der Waals surface area contributed by atoms with Crippen LogP contribution in [0.2, 0.25) is 0 Å². The van der Waals surface area contributed by atoms with Crippen molar-refractivity contribution in [1.29, 1.82) is 0 Å². The van der Waals surface area contributed by atoms with Gasteiger partial charge in [0.05, 0.1) is 10.0 Å². The molecule has 2 aromatic carbocycles. The minimum Gasteiger partial charge on any atom is -0.478 e. The summed E-state index contributed by atoms with van der Waals surface area (Å²) in [5.41, 5.74) is 0.128. The van der Waals surface area contributed by atoms with E-state index in [1.165, 1.54) is 12.1 Å². The molecule has 0 aliphatic heterocycles. The lowest BCUT2D eigenvalue weighted by Gasteiger charge is -2.10. The monoisotopic (exact) mass is 342 g/mol. The molecular weight excluding hydrogens is 334 g/mol. The zero-order valence-electron chi connectivity index (χ0n) is 10.3. The third-order valence-corrected chi connectivity index (χ3v) is 3.43. The molecule has 0 heterocycles. The maximum atomic E-state index is 14.0. The molecule has 2 rings (SSSR count). The highest BCUT2D eigenvalue weighted by atomic mass is 79.9. The van der Waals surface area contributed by atoms with Gasteiger partial charge >= 0.3 is 5.97 Å². The molecule has 0 radical (unpaired) electrons. The summed E-state index contributed by atoms with van der Waals surface area (Å²) >= 11 is 2.85. The Morgan fingerprint density at radius 3 is 2.45 bits per heavy atom.